The van der Waals surface area contributed by atoms with Crippen molar-refractivity contribution in [2.45, 2.75) is 18.8 Å². The molecule has 1 amide bonds. The standard InChI is InChI=1S/C16H19N5O/c17-15(22)11-4-1-3-10(7-11)13-9-20-16(18)21-14(13)12-5-2-6-19-8-12/h1,3-4,7,9,12,19H,2,5-6,8H2,(H2,17,22)(H2,18,20,21)/t12-/m0/s1. The normalized spacial score (nSPS) is 18.1. The molecule has 0 spiro atoms. The molecule has 6 heteroatoms. The van der Waals surface area contributed by atoms with Gasteiger partial charge < -0.3 is 16.8 Å². The van der Waals surface area contributed by atoms with Gasteiger partial charge >= 0.3 is 0 Å². The zero-order valence-electron chi connectivity index (χ0n) is 12.2. The Morgan fingerprint density at radius 3 is 2.95 bits per heavy atom. The molecule has 2 aromatic rings. The number of benzene rings is 1. The summed E-state index contributed by atoms with van der Waals surface area (Å²) in [6.07, 6.45) is 3.90. The summed E-state index contributed by atoms with van der Waals surface area (Å²) < 4.78 is 0. The molecular formula is C16H19N5O. The molecule has 0 saturated carbocycles. The second-order valence-electron chi connectivity index (χ2n) is 5.52. The summed E-state index contributed by atoms with van der Waals surface area (Å²) in [6.45, 7) is 1.91. The Kier molecular flexibility index (Phi) is 4.02. The molecule has 0 radical (unpaired) electrons. The zero-order chi connectivity index (χ0) is 15.5. The highest BCUT2D eigenvalue weighted by Gasteiger charge is 2.21. The van der Waals surface area contributed by atoms with Gasteiger partial charge in [-0.05, 0) is 37.1 Å². The van der Waals surface area contributed by atoms with E-state index in [-0.39, 0.29) is 5.95 Å². The van der Waals surface area contributed by atoms with Crippen LogP contribution in [0.1, 0.15) is 34.8 Å². The molecule has 1 aliphatic heterocycles. The Morgan fingerprint density at radius 1 is 1.36 bits per heavy atom. The molecular weight excluding hydrogens is 278 g/mol. The number of nitrogen functional groups attached to an aromatic ring is 1. The zero-order valence-corrected chi connectivity index (χ0v) is 12.2. The fourth-order valence-corrected chi connectivity index (χ4v) is 2.87. The van der Waals surface area contributed by atoms with Crippen molar-refractivity contribution in [3.63, 3.8) is 0 Å². The summed E-state index contributed by atoms with van der Waals surface area (Å²) in [5.74, 6) is 0.126. The smallest absolute Gasteiger partial charge is 0.248 e. The highest BCUT2D eigenvalue weighted by Crippen LogP contribution is 2.31. The molecule has 0 bridgehead atoms. The maximum absolute atomic E-state index is 11.4. The van der Waals surface area contributed by atoms with Crippen LogP contribution in [0.3, 0.4) is 0 Å². The second kappa shape index (κ2) is 6.11. The van der Waals surface area contributed by atoms with Crippen LogP contribution in [-0.4, -0.2) is 29.0 Å². The molecule has 0 unspecified atom stereocenters. The number of hydrogen-bond acceptors (Lipinski definition) is 5. The summed E-state index contributed by atoms with van der Waals surface area (Å²) >= 11 is 0. The Hall–Kier alpha value is -2.47. The van der Waals surface area contributed by atoms with Crippen LogP contribution < -0.4 is 16.8 Å². The van der Waals surface area contributed by atoms with E-state index < -0.39 is 5.91 Å². The molecule has 1 saturated heterocycles. The Labute approximate surface area is 129 Å². The highest BCUT2D eigenvalue weighted by atomic mass is 16.1. The van der Waals surface area contributed by atoms with Gasteiger partial charge in [-0.3, -0.25) is 4.79 Å². The van der Waals surface area contributed by atoms with Gasteiger partial charge in [0, 0.05) is 29.8 Å². The Bertz CT molecular complexity index is 695. The van der Waals surface area contributed by atoms with E-state index in [2.05, 4.69) is 15.3 Å². The quantitative estimate of drug-likeness (QED) is 0.791. The van der Waals surface area contributed by atoms with Gasteiger partial charge in [-0.25, -0.2) is 9.97 Å². The van der Waals surface area contributed by atoms with Crippen molar-refractivity contribution in [2.24, 2.45) is 5.73 Å². The molecule has 22 heavy (non-hydrogen) atoms. The number of carbonyl (C=O) groups is 1. The lowest BCUT2D eigenvalue weighted by atomic mass is 9.90. The molecule has 1 aromatic carbocycles. The van der Waals surface area contributed by atoms with Crippen molar-refractivity contribution < 1.29 is 4.79 Å². The average molecular weight is 297 g/mol. The first-order valence-corrected chi connectivity index (χ1v) is 7.38. The SMILES string of the molecule is NC(=O)c1cccc(-c2cnc(N)nc2[C@H]2CCCNC2)c1. The first-order chi connectivity index (χ1) is 10.6. The van der Waals surface area contributed by atoms with Crippen molar-refractivity contribution in [3.8, 4) is 11.1 Å². The van der Waals surface area contributed by atoms with E-state index in [1.54, 1.807) is 18.3 Å². The van der Waals surface area contributed by atoms with Gasteiger partial charge in [0.25, 0.3) is 0 Å². The van der Waals surface area contributed by atoms with Crippen LogP contribution in [0.5, 0.6) is 0 Å². The van der Waals surface area contributed by atoms with E-state index in [1.165, 1.54) is 0 Å². The third-order valence-electron chi connectivity index (χ3n) is 3.98. The number of amides is 1. The van der Waals surface area contributed by atoms with E-state index >= 15 is 0 Å². The number of carbonyl (C=O) groups excluding carboxylic acids is 1. The van der Waals surface area contributed by atoms with Gasteiger partial charge in [0.1, 0.15) is 0 Å². The first kappa shape index (κ1) is 14.5. The Balaban J connectivity index is 2.06. The van der Waals surface area contributed by atoms with Gasteiger partial charge in [-0.15, -0.1) is 0 Å². The van der Waals surface area contributed by atoms with Gasteiger partial charge in [0.05, 0.1) is 5.69 Å². The number of aromatic nitrogens is 2. The molecule has 0 aliphatic carbocycles. The molecule has 6 nitrogen and oxygen atoms in total. The fraction of sp³-hybridized carbons (Fsp3) is 0.312. The predicted octanol–water partition coefficient (Wildman–Crippen LogP) is 1.29. The van der Waals surface area contributed by atoms with Crippen molar-refractivity contribution in [2.75, 3.05) is 18.8 Å². The summed E-state index contributed by atoms with van der Waals surface area (Å²) in [7, 11) is 0. The molecule has 3 rings (SSSR count). The predicted molar refractivity (Wildman–Crippen MR) is 85.2 cm³/mol. The molecule has 114 valence electrons. The van der Waals surface area contributed by atoms with Crippen LogP contribution >= 0.6 is 0 Å². The van der Waals surface area contributed by atoms with Gasteiger partial charge in [0.15, 0.2) is 0 Å². The minimum absolute atomic E-state index is 0.273. The van der Waals surface area contributed by atoms with Crippen molar-refractivity contribution >= 4 is 11.9 Å². The molecule has 1 fully saturated rings. The Morgan fingerprint density at radius 2 is 2.23 bits per heavy atom. The van der Waals surface area contributed by atoms with E-state index in [0.29, 0.717) is 11.5 Å². The first-order valence-electron chi connectivity index (χ1n) is 7.38. The molecule has 5 N–H and O–H groups in total. The minimum Gasteiger partial charge on any atom is -0.368 e. The number of primary amides is 1. The third kappa shape index (κ3) is 2.92. The minimum atomic E-state index is -0.445. The fourth-order valence-electron chi connectivity index (χ4n) is 2.87. The molecule has 1 atom stereocenters. The van der Waals surface area contributed by atoms with Crippen LogP contribution in [0.25, 0.3) is 11.1 Å². The van der Waals surface area contributed by atoms with Gasteiger partial charge in [-0.2, -0.15) is 0 Å². The number of piperidine rings is 1. The van der Waals surface area contributed by atoms with Crippen LogP contribution in [0, 0.1) is 0 Å². The lowest BCUT2D eigenvalue weighted by Crippen LogP contribution is -2.29. The number of anilines is 1. The van der Waals surface area contributed by atoms with E-state index in [0.717, 1.165) is 42.8 Å². The van der Waals surface area contributed by atoms with E-state index in [1.807, 2.05) is 12.1 Å². The van der Waals surface area contributed by atoms with Crippen LogP contribution in [0.15, 0.2) is 30.5 Å². The average Bonchev–Trinajstić information content (AvgIpc) is 2.55. The van der Waals surface area contributed by atoms with Crippen LogP contribution in [-0.2, 0) is 0 Å². The number of nitrogens with one attached hydrogen (secondary N) is 1. The number of hydrogen-bond donors (Lipinski definition) is 3. The summed E-state index contributed by atoms with van der Waals surface area (Å²) in [4.78, 5) is 20.0. The second-order valence-corrected chi connectivity index (χ2v) is 5.52. The summed E-state index contributed by atoms with van der Waals surface area (Å²) in [5.41, 5.74) is 14.3. The van der Waals surface area contributed by atoms with Crippen LogP contribution in [0.2, 0.25) is 0 Å². The number of nitrogens with two attached hydrogens (primary N) is 2. The summed E-state index contributed by atoms with van der Waals surface area (Å²) in [6, 6.07) is 7.22. The van der Waals surface area contributed by atoms with E-state index in [4.69, 9.17) is 11.5 Å². The van der Waals surface area contributed by atoms with Gasteiger partial charge in [-0.1, -0.05) is 12.1 Å². The van der Waals surface area contributed by atoms with Crippen molar-refractivity contribution in [3.05, 3.63) is 41.7 Å². The van der Waals surface area contributed by atoms with Crippen molar-refractivity contribution in [1.29, 1.82) is 0 Å². The lowest BCUT2D eigenvalue weighted by Gasteiger charge is -2.24. The summed E-state index contributed by atoms with van der Waals surface area (Å²) in [5, 5.41) is 3.39. The lowest BCUT2D eigenvalue weighted by molar-refractivity contribution is 0.100. The molecule has 1 aromatic heterocycles. The maximum Gasteiger partial charge on any atom is 0.248 e. The molecule has 1 aliphatic rings. The topological polar surface area (TPSA) is 107 Å². The number of rotatable bonds is 3. The van der Waals surface area contributed by atoms with Crippen molar-refractivity contribution in [1.82, 2.24) is 15.3 Å². The van der Waals surface area contributed by atoms with Gasteiger partial charge in [0.2, 0.25) is 11.9 Å². The maximum atomic E-state index is 11.4. The monoisotopic (exact) mass is 297 g/mol. The largest absolute Gasteiger partial charge is 0.368 e. The number of nitrogens with zero attached hydrogens (tertiary/aromatic N) is 2. The molecule has 2 heterocycles. The third-order valence-corrected chi connectivity index (χ3v) is 3.98. The van der Waals surface area contributed by atoms with E-state index in [9.17, 15) is 4.79 Å². The highest BCUT2D eigenvalue weighted by molar-refractivity contribution is 5.94. The van der Waals surface area contributed by atoms with Crippen LogP contribution in [0.4, 0.5) is 5.95 Å².